The van der Waals surface area contributed by atoms with Crippen LogP contribution in [-0.4, -0.2) is 17.1 Å². The van der Waals surface area contributed by atoms with Crippen LogP contribution in [0.25, 0.3) is 0 Å². The first kappa shape index (κ1) is 12.4. The van der Waals surface area contributed by atoms with E-state index in [-0.39, 0.29) is 0 Å². The van der Waals surface area contributed by atoms with Gasteiger partial charge in [-0.2, -0.15) is 0 Å². The van der Waals surface area contributed by atoms with Crippen molar-refractivity contribution in [3.8, 4) is 5.75 Å². The lowest BCUT2D eigenvalue weighted by Gasteiger charge is -2.08. The van der Waals surface area contributed by atoms with Crippen LogP contribution in [0, 0.1) is 6.92 Å². The Morgan fingerprint density at radius 1 is 1.17 bits per heavy atom. The quantitative estimate of drug-likeness (QED) is 0.896. The number of benzene rings is 1. The molecule has 0 aliphatic rings. The van der Waals surface area contributed by atoms with E-state index in [1.165, 1.54) is 0 Å². The molecule has 2 aromatic rings. The lowest BCUT2D eigenvalue weighted by atomic mass is 10.3. The van der Waals surface area contributed by atoms with Crippen LogP contribution in [0.5, 0.6) is 5.75 Å². The number of anilines is 2. The second-order valence-corrected chi connectivity index (χ2v) is 4.00. The first-order valence-corrected chi connectivity index (χ1v) is 5.97. The third kappa shape index (κ3) is 2.97. The summed E-state index contributed by atoms with van der Waals surface area (Å²) < 4.78 is 5.12. The second-order valence-electron chi connectivity index (χ2n) is 4.00. The van der Waals surface area contributed by atoms with E-state index in [2.05, 4.69) is 22.2 Å². The number of nitrogens with zero attached hydrogens (tertiary/aromatic N) is 2. The highest BCUT2D eigenvalue weighted by molar-refractivity contribution is 5.57. The zero-order chi connectivity index (χ0) is 13.0. The fourth-order valence-electron chi connectivity index (χ4n) is 1.70. The van der Waals surface area contributed by atoms with Crippen molar-refractivity contribution in [2.75, 3.05) is 12.4 Å². The van der Waals surface area contributed by atoms with Crippen LogP contribution in [-0.2, 0) is 6.42 Å². The minimum Gasteiger partial charge on any atom is -0.497 e. The topological polar surface area (TPSA) is 47.0 Å². The van der Waals surface area contributed by atoms with Crippen LogP contribution < -0.4 is 10.1 Å². The standard InChI is InChI=1S/C14H17N3O/c1-4-11-9-14(16-10(2)15-11)17-12-5-7-13(18-3)8-6-12/h5-9H,4H2,1-3H3,(H,15,16,17). The van der Waals surface area contributed by atoms with Crippen molar-refractivity contribution < 1.29 is 4.74 Å². The number of aromatic nitrogens is 2. The van der Waals surface area contributed by atoms with Crippen molar-refractivity contribution >= 4 is 11.5 Å². The molecule has 2 rings (SSSR count). The molecule has 1 aromatic heterocycles. The van der Waals surface area contributed by atoms with Gasteiger partial charge in [-0.25, -0.2) is 9.97 Å². The molecule has 4 heteroatoms. The number of hydrogen-bond donors (Lipinski definition) is 1. The average molecular weight is 243 g/mol. The van der Waals surface area contributed by atoms with E-state index in [0.29, 0.717) is 0 Å². The zero-order valence-electron chi connectivity index (χ0n) is 10.9. The minimum absolute atomic E-state index is 0.783. The Morgan fingerprint density at radius 3 is 2.50 bits per heavy atom. The number of nitrogens with one attached hydrogen (secondary N) is 1. The summed E-state index contributed by atoms with van der Waals surface area (Å²) in [6, 6.07) is 9.72. The number of ether oxygens (including phenoxy) is 1. The van der Waals surface area contributed by atoms with E-state index in [0.717, 1.165) is 35.2 Å². The summed E-state index contributed by atoms with van der Waals surface area (Å²) >= 11 is 0. The van der Waals surface area contributed by atoms with E-state index < -0.39 is 0 Å². The third-order valence-corrected chi connectivity index (χ3v) is 2.62. The van der Waals surface area contributed by atoms with Crippen LogP contribution in [0.15, 0.2) is 30.3 Å². The molecule has 0 spiro atoms. The highest BCUT2D eigenvalue weighted by atomic mass is 16.5. The van der Waals surface area contributed by atoms with Crippen molar-refractivity contribution in [2.45, 2.75) is 20.3 Å². The first-order chi connectivity index (χ1) is 8.71. The highest BCUT2D eigenvalue weighted by Gasteiger charge is 2.01. The molecule has 0 saturated carbocycles. The molecule has 0 saturated heterocycles. The second kappa shape index (κ2) is 5.49. The molecule has 1 heterocycles. The Balaban J connectivity index is 2.19. The molecule has 0 amide bonds. The van der Waals surface area contributed by atoms with Gasteiger partial charge in [-0.15, -0.1) is 0 Å². The molecule has 18 heavy (non-hydrogen) atoms. The van der Waals surface area contributed by atoms with Crippen molar-refractivity contribution in [3.05, 3.63) is 41.9 Å². The summed E-state index contributed by atoms with van der Waals surface area (Å²) in [6.45, 7) is 3.98. The Morgan fingerprint density at radius 2 is 1.89 bits per heavy atom. The molecule has 0 unspecified atom stereocenters. The number of hydrogen-bond acceptors (Lipinski definition) is 4. The van der Waals surface area contributed by atoms with E-state index in [1.54, 1.807) is 7.11 Å². The van der Waals surface area contributed by atoms with E-state index in [4.69, 9.17) is 4.74 Å². The van der Waals surface area contributed by atoms with Gasteiger partial charge in [0.15, 0.2) is 0 Å². The molecule has 4 nitrogen and oxygen atoms in total. The summed E-state index contributed by atoms with van der Waals surface area (Å²) in [5.41, 5.74) is 2.02. The largest absolute Gasteiger partial charge is 0.497 e. The number of rotatable bonds is 4. The van der Waals surface area contributed by atoms with Gasteiger partial charge in [0.2, 0.25) is 0 Å². The first-order valence-electron chi connectivity index (χ1n) is 5.97. The van der Waals surface area contributed by atoms with Gasteiger partial charge in [0.05, 0.1) is 7.11 Å². The van der Waals surface area contributed by atoms with Gasteiger partial charge in [-0.05, 0) is 37.6 Å². The van der Waals surface area contributed by atoms with Gasteiger partial charge in [-0.3, -0.25) is 0 Å². The van der Waals surface area contributed by atoms with E-state index in [9.17, 15) is 0 Å². The van der Waals surface area contributed by atoms with Gasteiger partial charge in [0, 0.05) is 17.4 Å². The van der Waals surface area contributed by atoms with Crippen molar-refractivity contribution in [3.63, 3.8) is 0 Å². The van der Waals surface area contributed by atoms with Crippen molar-refractivity contribution in [1.29, 1.82) is 0 Å². The molecule has 0 aliphatic heterocycles. The Labute approximate surface area is 107 Å². The van der Waals surface area contributed by atoms with E-state index >= 15 is 0 Å². The molecular weight excluding hydrogens is 226 g/mol. The molecule has 94 valence electrons. The van der Waals surface area contributed by atoms with Crippen LogP contribution in [0.3, 0.4) is 0 Å². The molecule has 0 bridgehead atoms. The molecule has 0 aliphatic carbocycles. The summed E-state index contributed by atoms with van der Waals surface area (Å²) in [5, 5.41) is 3.26. The predicted molar refractivity (Wildman–Crippen MR) is 72.4 cm³/mol. The summed E-state index contributed by atoms with van der Waals surface area (Å²) in [5.74, 6) is 2.45. The van der Waals surface area contributed by atoms with Gasteiger partial charge < -0.3 is 10.1 Å². The Kier molecular flexibility index (Phi) is 3.77. The van der Waals surface area contributed by atoms with Gasteiger partial charge in [-0.1, -0.05) is 6.92 Å². The third-order valence-electron chi connectivity index (χ3n) is 2.62. The molecule has 1 N–H and O–H groups in total. The predicted octanol–water partition coefficient (Wildman–Crippen LogP) is 3.10. The summed E-state index contributed by atoms with van der Waals surface area (Å²) in [7, 11) is 1.66. The maximum Gasteiger partial charge on any atom is 0.134 e. The normalized spacial score (nSPS) is 10.2. The lowest BCUT2D eigenvalue weighted by Crippen LogP contribution is -2.00. The molecular formula is C14H17N3O. The average Bonchev–Trinajstić information content (AvgIpc) is 2.39. The molecule has 1 aromatic carbocycles. The lowest BCUT2D eigenvalue weighted by molar-refractivity contribution is 0.415. The smallest absolute Gasteiger partial charge is 0.134 e. The summed E-state index contributed by atoms with van der Waals surface area (Å²) in [6.07, 6.45) is 0.903. The zero-order valence-corrected chi connectivity index (χ0v) is 10.9. The monoisotopic (exact) mass is 243 g/mol. The van der Waals surface area contributed by atoms with Crippen LogP contribution >= 0.6 is 0 Å². The Hall–Kier alpha value is -2.10. The van der Waals surface area contributed by atoms with Gasteiger partial charge >= 0.3 is 0 Å². The fourth-order valence-corrected chi connectivity index (χ4v) is 1.70. The molecule has 0 radical (unpaired) electrons. The maximum absolute atomic E-state index is 5.12. The fraction of sp³-hybridized carbons (Fsp3) is 0.286. The highest BCUT2D eigenvalue weighted by Crippen LogP contribution is 2.19. The number of methoxy groups -OCH3 is 1. The molecule has 0 fully saturated rings. The Bertz CT molecular complexity index is 523. The minimum atomic E-state index is 0.783. The van der Waals surface area contributed by atoms with Gasteiger partial charge in [0.25, 0.3) is 0 Å². The number of aryl methyl sites for hydroxylation is 2. The summed E-state index contributed by atoms with van der Waals surface area (Å²) in [4.78, 5) is 8.72. The SMILES string of the molecule is CCc1cc(Nc2ccc(OC)cc2)nc(C)n1. The van der Waals surface area contributed by atoms with Gasteiger partial charge in [0.1, 0.15) is 17.4 Å². The van der Waals surface area contributed by atoms with E-state index in [1.807, 2.05) is 37.3 Å². The maximum atomic E-state index is 5.12. The molecule has 0 atom stereocenters. The van der Waals surface area contributed by atoms with Crippen molar-refractivity contribution in [1.82, 2.24) is 9.97 Å². The van der Waals surface area contributed by atoms with Crippen molar-refractivity contribution in [2.24, 2.45) is 0 Å². The van der Waals surface area contributed by atoms with Crippen LogP contribution in [0.1, 0.15) is 18.4 Å². The van der Waals surface area contributed by atoms with Crippen LogP contribution in [0.2, 0.25) is 0 Å². The van der Waals surface area contributed by atoms with Crippen LogP contribution in [0.4, 0.5) is 11.5 Å².